The van der Waals surface area contributed by atoms with Gasteiger partial charge in [-0.1, -0.05) is 5.57 Å². The number of carbonyl (C=O) groups excluding carboxylic acids is 3. The van der Waals surface area contributed by atoms with E-state index in [1.54, 1.807) is 13.0 Å². The Hall–Kier alpha value is -2.41. The van der Waals surface area contributed by atoms with Crippen LogP contribution in [-0.2, 0) is 14.4 Å². The van der Waals surface area contributed by atoms with Gasteiger partial charge in [0.1, 0.15) is 5.60 Å². The number of rotatable bonds is 2. The predicted octanol–water partition coefficient (Wildman–Crippen LogP) is 2.96. The van der Waals surface area contributed by atoms with E-state index in [4.69, 9.17) is 4.84 Å². The first kappa shape index (κ1) is 21.3. The minimum atomic E-state index is -1.43. The molecule has 2 amide bonds. The quantitative estimate of drug-likeness (QED) is 0.693. The van der Waals surface area contributed by atoms with Crippen molar-refractivity contribution in [2.24, 2.45) is 5.41 Å². The first-order chi connectivity index (χ1) is 13.2. The van der Waals surface area contributed by atoms with Crippen LogP contribution in [0.15, 0.2) is 33.9 Å². The van der Waals surface area contributed by atoms with E-state index in [2.05, 4.69) is 5.32 Å². The van der Waals surface area contributed by atoms with Crippen LogP contribution in [0, 0.1) is 5.41 Å². The van der Waals surface area contributed by atoms with Crippen molar-refractivity contribution in [3.63, 3.8) is 0 Å². The van der Waals surface area contributed by atoms with Crippen molar-refractivity contribution in [2.75, 3.05) is 6.54 Å². The van der Waals surface area contributed by atoms with Crippen molar-refractivity contribution >= 4 is 17.8 Å². The summed E-state index contributed by atoms with van der Waals surface area (Å²) in [6.07, 6.45) is 3.26. The molecule has 0 saturated heterocycles. The van der Waals surface area contributed by atoms with Crippen molar-refractivity contribution in [1.82, 2.24) is 10.4 Å². The molecule has 0 bridgehead atoms. The Morgan fingerprint density at radius 3 is 2.34 bits per heavy atom. The van der Waals surface area contributed by atoms with Gasteiger partial charge < -0.3 is 15.3 Å². The lowest BCUT2D eigenvalue weighted by Gasteiger charge is -2.39. The van der Waals surface area contributed by atoms with Gasteiger partial charge in [-0.3, -0.25) is 9.59 Å². The van der Waals surface area contributed by atoms with Crippen LogP contribution in [0.4, 0.5) is 4.79 Å². The van der Waals surface area contributed by atoms with E-state index in [0.29, 0.717) is 5.57 Å². The Morgan fingerprint density at radius 2 is 1.86 bits per heavy atom. The van der Waals surface area contributed by atoms with Gasteiger partial charge in [-0.15, -0.1) is 5.06 Å². The standard InChI is InChI=1S/C22H30N2O5/c1-12-10-15-17(13(2)22(8-9-22)21(7,28)18(15)26)16(12)11-24(29-14(3)25)19(27)23-20(4,5)6/h10,28H,8-9,11H2,1-7H3,(H,23,27)/t21-/m0/s1. The highest BCUT2D eigenvalue weighted by atomic mass is 16.7. The third-order valence-corrected chi connectivity index (χ3v) is 6.12. The van der Waals surface area contributed by atoms with E-state index < -0.39 is 28.6 Å². The molecule has 7 heteroatoms. The van der Waals surface area contributed by atoms with E-state index >= 15 is 0 Å². The van der Waals surface area contributed by atoms with Gasteiger partial charge in [0, 0.05) is 23.5 Å². The smallest absolute Gasteiger partial charge is 0.351 e. The fraction of sp³-hybridized carbons (Fsp3) is 0.591. The normalized spacial score (nSPS) is 25.1. The summed E-state index contributed by atoms with van der Waals surface area (Å²) in [6, 6.07) is -0.532. The molecular weight excluding hydrogens is 372 g/mol. The zero-order valence-electron chi connectivity index (χ0n) is 18.2. The maximum atomic E-state index is 13.0. The Morgan fingerprint density at radius 1 is 1.28 bits per heavy atom. The topological polar surface area (TPSA) is 95.9 Å². The molecule has 3 rings (SSSR count). The maximum Gasteiger partial charge on any atom is 0.351 e. The van der Waals surface area contributed by atoms with Crippen LogP contribution in [0.1, 0.15) is 61.3 Å². The highest BCUT2D eigenvalue weighted by Crippen LogP contribution is 2.64. The molecule has 0 aliphatic heterocycles. The number of Topliss-reactive ketones (excluding diaryl/α,β-unsaturated/α-hetero) is 1. The molecule has 0 radical (unpaired) electrons. The molecule has 1 saturated carbocycles. The number of hydrogen-bond donors (Lipinski definition) is 2. The largest absolute Gasteiger partial charge is 0.381 e. The Kier molecular flexibility index (Phi) is 4.81. The first-order valence-corrected chi connectivity index (χ1v) is 9.90. The van der Waals surface area contributed by atoms with Crippen LogP contribution in [0.3, 0.4) is 0 Å². The van der Waals surface area contributed by atoms with Gasteiger partial charge in [0.2, 0.25) is 0 Å². The van der Waals surface area contributed by atoms with Crippen LogP contribution in [0.25, 0.3) is 0 Å². The van der Waals surface area contributed by atoms with Crippen LogP contribution in [-0.4, -0.2) is 45.6 Å². The Bertz CT molecular complexity index is 895. The van der Waals surface area contributed by atoms with Gasteiger partial charge in [-0.05, 0) is 77.2 Å². The number of amides is 2. The van der Waals surface area contributed by atoms with Crippen LogP contribution in [0.5, 0.6) is 0 Å². The van der Waals surface area contributed by atoms with Gasteiger partial charge in [-0.25, -0.2) is 4.79 Å². The van der Waals surface area contributed by atoms with Crippen LogP contribution < -0.4 is 5.32 Å². The molecule has 2 N–H and O–H groups in total. The van der Waals surface area contributed by atoms with E-state index in [9.17, 15) is 19.5 Å². The van der Waals surface area contributed by atoms with Gasteiger partial charge in [0.05, 0.1) is 6.54 Å². The molecule has 29 heavy (non-hydrogen) atoms. The summed E-state index contributed by atoms with van der Waals surface area (Å²) in [4.78, 5) is 42.6. The molecule has 1 atom stereocenters. The molecule has 0 aromatic carbocycles. The molecule has 1 fully saturated rings. The van der Waals surface area contributed by atoms with Crippen molar-refractivity contribution < 1.29 is 24.3 Å². The highest BCUT2D eigenvalue weighted by molar-refractivity contribution is 6.10. The maximum absolute atomic E-state index is 13.0. The third-order valence-electron chi connectivity index (χ3n) is 6.12. The number of fused-ring (bicyclic) bond motifs is 1. The second-order valence-corrected chi connectivity index (χ2v) is 9.50. The minimum absolute atomic E-state index is 0.0193. The minimum Gasteiger partial charge on any atom is -0.381 e. The fourth-order valence-electron chi connectivity index (χ4n) is 4.44. The van der Waals surface area contributed by atoms with Gasteiger partial charge in [-0.2, -0.15) is 0 Å². The lowest BCUT2D eigenvalue weighted by molar-refractivity contribution is -0.172. The average Bonchev–Trinajstić information content (AvgIpc) is 3.31. The molecule has 0 aromatic heterocycles. The second-order valence-electron chi connectivity index (χ2n) is 9.50. The van der Waals surface area contributed by atoms with Crippen molar-refractivity contribution in [1.29, 1.82) is 0 Å². The zero-order chi connectivity index (χ0) is 21.9. The zero-order valence-corrected chi connectivity index (χ0v) is 18.2. The summed E-state index contributed by atoms with van der Waals surface area (Å²) in [5, 5.41) is 14.7. The molecule has 3 aliphatic rings. The molecule has 0 heterocycles. The molecule has 1 spiro atoms. The van der Waals surface area contributed by atoms with Crippen molar-refractivity contribution in [2.45, 2.75) is 72.4 Å². The van der Waals surface area contributed by atoms with E-state index in [0.717, 1.165) is 40.2 Å². The number of allylic oxidation sites excluding steroid dienone is 2. The van der Waals surface area contributed by atoms with Gasteiger partial charge in [0.15, 0.2) is 5.78 Å². The summed E-state index contributed by atoms with van der Waals surface area (Å²) in [5.41, 5.74) is 1.29. The first-order valence-electron chi connectivity index (χ1n) is 9.90. The van der Waals surface area contributed by atoms with E-state index in [-0.39, 0.29) is 12.3 Å². The predicted molar refractivity (Wildman–Crippen MR) is 108 cm³/mol. The summed E-state index contributed by atoms with van der Waals surface area (Å²) in [5.74, 6) is -0.895. The average molecular weight is 402 g/mol. The molecule has 158 valence electrons. The lowest BCUT2D eigenvalue weighted by atomic mass is 9.67. The number of carbonyl (C=O) groups is 3. The number of hydroxylamine groups is 2. The Labute approximate surface area is 171 Å². The number of nitrogens with one attached hydrogen (secondary N) is 1. The Balaban J connectivity index is 1.98. The number of hydrogen-bond acceptors (Lipinski definition) is 5. The summed E-state index contributed by atoms with van der Waals surface area (Å²) in [7, 11) is 0. The fourth-order valence-corrected chi connectivity index (χ4v) is 4.44. The SMILES string of the molecule is CC(=O)ON(CC1=C(C)C=C2C(=O)[C@](C)(O)C3(CC3)C(C)=C21)C(=O)NC(C)(C)C. The van der Waals surface area contributed by atoms with E-state index in [1.807, 2.05) is 34.6 Å². The number of nitrogens with zero attached hydrogens (tertiary/aromatic N) is 1. The molecule has 3 aliphatic carbocycles. The second kappa shape index (κ2) is 6.55. The number of aliphatic hydroxyl groups is 1. The van der Waals surface area contributed by atoms with Crippen LogP contribution >= 0.6 is 0 Å². The molecule has 0 aromatic rings. The monoisotopic (exact) mass is 402 g/mol. The highest BCUT2D eigenvalue weighted by Gasteiger charge is 2.65. The van der Waals surface area contributed by atoms with E-state index in [1.165, 1.54) is 6.92 Å². The van der Waals surface area contributed by atoms with Crippen molar-refractivity contribution in [3.05, 3.63) is 33.9 Å². The lowest BCUT2D eigenvalue weighted by Crippen LogP contribution is -2.50. The van der Waals surface area contributed by atoms with Gasteiger partial charge >= 0.3 is 12.0 Å². The summed E-state index contributed by atoms with van der Waals surface area (Å²) in [6.45, 7) is 12.2. The molecule has 7 nitrogen and oxygen atoms in total. The van der Waals surface area contributed by atoms with Crippen LogP contribution in [0.2, 0.25) is 0 Å². The summed E-state index contributed by atoms with van der Waals surface area (Å²) >= 11 is 0. The third kappa shape index (κ3) is 3.41. The van der Waals surface area contributed by atoms with Gasteiger partial charge in [0.25, 0.3) is 0 Å². The summed E-state index contributed by atoms with van der Waals surface area (Å²) < 4.78 is 0. The number of ketones is 1. The number of urea groups is 1. The molecular formula is C22H30N2O5. The molecule has 0 unspecified atom stereocenters. The van der Waals surface area contributed by atoms with Crippen molar-refractivity contribution in [3.8, 4) is 0 Å².